The normalized spacial score (nSPS) is 10.3. The van der Waals surface area contributed by atoms with Crippen molar-refractivity contribution in [2.45, 2.75) is 20.8 Å². The largest absolute Gasteiger partial charge is 0.478 e. The molecule has 7 nitrogen and oxygen atoms in total. The minimum Gasteiger partial charge on any atom is -0.478 e. The van der Waals surface area contributed by atoms with Crippen molar-refractivity contribution in [2.24, 2.45) is 0 Å². The summed E-state index contributed by atoms with van der Waals surface area (Å²) in [5.74, 6) is -0.493. The number of fused-ring (bicyclic) bond motifs is 1. The zero-order valence-electron chi connectivity index (χ0n) is 17.5. The van der Waals surface area contributed by atoms with Gasteiger partial charge in [-0.2, -0.15) is 0 Å². The summed E-state index contributed by atoms with van der Waals surface area (Å²) >= 11 is 0. The highest BCUT2D eigenvalue weighted by Gasteiger charge is 2.10. The molecule has 0 aliphatic carbocycles. The second-order valence-corrected chi connectivity index (χ2v) is 7.08. The van der Waals surface area contributed by atoms with E-state index in [0.717, 1.165) is 27.9 Å². The number of carboxylic acid groups (broad SMARTS) is 1. The van der Waals surface area contributed by atoms with E-state index in [-0.39, 0.29) is 11.5 Å². The monoisotopic (exact) mass is 417 g/mol. The van der Waals surface area contributed by atoms with Gasteiger partial charge < -0.3 is 20.6 Å². The molecule has 0 radical (unpaired) electrons. The summed E-state index contributed by atoms with van der Waals surface area (Å²) in [6.07, 6.45) is 0. The van der Waals surface area contributed by atoms with E-state index in [1.807, 2.05) is 49.4 Å². The number of aromatic carboxylic acids is 1. The Balaban J connectivity index is 0.000000180. The number of rotatable bonds is 3. The Bertz CT molecular complexity index is 1230. The van der Waals surface area contributed by atoms with E-state index in [2.05, 4.69) is 10.3 Å². The number of benzene rings is 3. The Labute approximate surface area is 179 Å². The number of nitrogen functional groups attached to an aromatic ring is 1. The van der Waals surface area contributed by atoms with Crippen molar-refractivity contribution in [2.75, 3.05) is 11.1 Å². The maximum Gasteiger partial charge on any atom is 0.335 e. The number of nitrogens with zero attached hydrogens (tertiary/aromatic N) is 1. The van der Waals surface area contributed by atoms with Crippen LogP contribution in [0, 0.1) is 13.8 Å². The van der Waals surface area contributed by atoms with Crippen LogP contribution >= 0.6 is 0 Å². The molecule has 1 aromatic heterocycles. The van der Waals surface area contributed by atoms with Gasteiger partial charge in [0.1, 0.15) is 5.52 Å². The van der Waals surface area contributed by atoms with Crippen LogP contribution in [-0.2, 0) is 4.79 Å². The first-order valence-corrected chi connectivity index (χ1v) is 9.58. The van der Waals surface area contributed by atoms with E-state index in [1.54, 1.807) is 19.1 Å². The summed E-state index contributed by atoms with van der Waals surface area (Å²) in [6, 6.07) is 18.1. The fourth-order valence-electron chi connectivity index (χ4n) is 3.10. The molecule has 4 aromatic rings. The van der Waals surface area contributed by atoms with Gasteiger partial charge in [-0.15, -0.1) is 0 Å². The Hall–Kier alpha value is -4.13. The van der Waals surface area contributed by atoms with Gasteiger partial charge in [0.05, 0.1) is 5.56 Å². The number of hydrogen-bond acceptors (Lipinski definition) is 5. The van der Waals surface area contributed by atoms with Crippen molar-refractivity contribution in [1.82, 2.24) is 4.98 Å². The molecular formula is C24H23N3O4. The number of carbonyl (C=O) groups is 2. The third-order valence-corrected chi connectivity index (χ3v) is 4.55. The minimum atomic E-state index is -0.961. The molecule has 0 aliphatic rings. The Morgan fingerprint density at radius 2 is 1.74 bits per heavy atom. The molecular weight excluding hydrogens is 394 g/mol. The Morgan fingerprint density at radius 1 is 1.00 bits per heavy atom. The van der Waals surface area contributed by atoms with Crippen LogP contribution in [0.2, 0.25) is 0 Å². The third-order valence-electron chi connectivity index (χ3n) is 4.55. The van der Waals surface area contributed by atoms with Gasteiger partial charge in [-0.25, -0.2) is 9.78 Å². The molecule has 0 spiro atoms. The standard InChI is InChI=1S/C14H12N2O.C10H11NO3/c1-9-8-10(15)6-7-11(9)14-16-12-4-2-3-5-13(12)17-14;1-6-5-8(11-7(2)12)3-4-9(6)10(13)14/h2-8H,15H2,1H3;3-5H,1-2H3,(H,11,12)(H,13,14). The number of amides is 1. The number of hydrogen-bond donors (Lipinski definition) is 3. The molecule has 0 unspecified atom stereocenters. The van der Waals surface area contributed by atoms with Crippen molar-refractivity contribution in [3.05, 3.63) is 77.4 Å². The number of nitrogens with one attached hydrogen (secondary N) is 1. The molecule has 7 heteroatoms. The van der Waals surface area contributed by atoms with Crippen molar-refractivity contribution in [3.8, 4) is 11.5 Å². The van der Waals surface area contributed by atoms with Crippen molar-refractivity contribution >= 4 is 34.4 Å². The first-order valence-electron chi connectivity index (χ1n) is 9.58. The summed E-state index contributed by atoms with van der Waals surface area (Å²) < 4.78 is 5.72. The van der Waals surface area contributed by atoms with Crippen LogP contribution < -0.4 is 11.1 Å². The zero-order chi connectivity index (χ0) is 22.5. The molecule has 0 saturated carbocycles. The summed E-state index contributed by atoms with van der Waals surface area (Å²) in [7, 11) is 0. The number of aromatic nitrogens is 1. The van der Waals surface area contributed by atoms with Crippen molar-refractivity contribution in [3.63, 3.8) is 0 Å². The number of anilines is 2. The maximum absolute atomic E-state index is 10.7. The van der Waals surface area contributed by atoms with Crippen LogP contribution in [0.15, 0.2) is 65.1 Å². The average molecular weight is 417 g/mol. The number of oxazole rings is 1. The van der Waals surface area contributed by atoms with Crippen molar-refractivity contribution in [1.29, 1.82) is 0 Å². The summed E-state index contributed by atoms with van der Waals surface area (Å²) in [5.41, 5.74) is 11.7. The number of aryl methyl sites for hydroxylation is 2. The fourth-order valence-corrected chi connectivity index (χ4v) is 3.10. The molecule has 4 rings (SSSR count). The van der Waals surface area contributed by atoms with E-state index in [9.17, 15) is 9.59 Å². The molecule has 0 saturated heterocycles. The second kappa shape index (κ2) is 9.13. The minimum absolute atomic E-state index is 0.174. The van der Waals surface area contributed by atoms with Gasteiger partial charge in [-0.3, -0.25) is 4.79 Å². The molecule has 1 heterocycles. The molecule has 0 fully saturated rings. The van der Waals surface area contributed by atoms with Crippen LogP contribution in [0.5, 0.6) is 0 Å². The lowest BCUT2D eigenvalue weighted by Gasteiger charge is -2.05. The highest BCUT2D eigenvalue weighted by molar-refractivity contribution is 5.92. The average Bonchev–Trinajstić information content (AvgIpc) is 3.11. The molecule has 4 N–H and O–H groups in total. The van der Waals surface area contributed by atoms with Crippen LogP contribution in [0.1, 0.15) is 28.4 Å². The van der Waals surface area contributed by atoms with E-state index >= 15 is 0 Å². The van der Waals surface area contributed by atoms with Crippen LogP contribution in [-0.4, -0.2) is 22.0 Å². The highest BCUT2D eigenvalue weighted by atomic mass is 16.4. The molecule has 0 bridgehead atoms. The van der Waals surface area contributed by atoms with Crippen LogP contribution in [0.4, 0.5) is 11.4 Å². The van der Waals surface area contributed by atoms with Gasteiger partial charge >= 0.3 is 5.97 Å². The van der Waals surface area contributed by atoms with Gasteiger partial charge in [0, 0.05) is 23.9 Å². The lowest BCUT2D eigenvalue weighted by atomic mass is 10.1. The van der Waals surface area contributed by atoms with Crippen LogP contribution in [0.3, 0.4) is 0 Å². The quantitative estimate of drug-likeness (QED) is 0.402. The summed E-state index contributed by atoms with van der Waals surface area (Å²) in [6.45, 7) is 5.09. The fraction of sp³-hybridized carbons (Fsp3) is 0.125. The maximum atomic E-state index is 10.7. The topological polar surface area (TPSA) is 118 Å². The number of carboxylic acids is 1. The Morgan fingerprint density at radius 3 is 2.35 bits per heavy atom. The predicted octanol–water partition coefficient (Wildman–Crippen LogP) is 5.04. The first-order chi connectivity index (χ1) is 14.7. The number of nitrogens with two attached hydrogens (primary N) is 1. The lowest BCUT2D eigenvalue weighted by molar-refractivity contribution is -0.114. The smallest absolute Gasteiger partial charge is 0.335 e. The van der Waals surface area contributed by atoms with E-state index in [4.69, 9.17) is 15.3 Å². The zero-order valence-corrected chi connectivity index (χ0v) is 17.5. The second-order valence-electron chi connectivity index (χ2n) is 7.08. The van der Waals surface area contributed by atoms with Gasteiger partial charge in [-0.05, 0) is 73.5 Å². The number of carbonyl (C=O) groups excluding carboxylic acids is 1. The van der Waals surface area contributed by atoms with Gasteiger partial charge in [0.25, 0.3) is 0 Å². The van der Waals surface area contributed by atoms with Crippen molar-refractivity contribution < 1.29 is 19.1 Å². The SMILES string of the molecule is CC(=O)Nc1ccc(C(=O)O)c(C)c1.Cc1cc(N)ccc1-c1nc2ccccc2o1. The van der Waals surface area contributed by atoms with Gasteiger partial charge in [-0.1, -0.05) is 12.1 Å². The van der Waals surface area contributed by atoms with Crippen LogP contribution in [0.25, 0.3) is 22.6 Å². The lowest BCUT2D eigenvalue weighted by Crippen LogP contribution is -2.07. The first kappa shape index (κ1) is 21.6. The Kier molecular flexibility index (Phi) is 6.35. The summed E-state index contributed by atoms with van der Waals surface area (Å²) in [5, 5.41) is 11.3. The van der Waals surface area contributed by atoms with E-state index < -0.39 is 5.97 Å². The van der Waals surface area contributed by atoms with E-state index in [1.165, 1.54) is 13.0 Å². The highest BCUT2D eigenvalue weighted by Crippen LogP contribution is 2.27. The molecule has 1 amide bonds. The molecule has 0 aliphatic heterocycles. The molecule has 3 aromatic carbocycles. The molecule has 0 atom stereocenters. The molecule has 31 heavy (non-hydrogen) atoms. The van der Waals surface area contributed by atoms with Gasteiger partial charge in [0.2, 0.25) is 11.8 Å². The predicted molar refractivity (Wildman–Crippen MR) is 121 cm³/mol. The van der Waals surface area contributed by atoms with E-state index in [0.29, 0.717) is 17.1 Å². The summed E-state index contributed by atoms with van der Waals surface area (Å²) in [4.78, 5) is 25.8. The molecule has 158 valence electrons. The van der Waals surface area contributed by atoms with Gasteiger partial charge in [0.15, 0.2) is 5.58 Å². The third kappa shape index (κ3) is 5.27. The number of para-hydroxylation sites is 2.